The molecule has 11 rings (SSSR count). The van der Waals surface area contributed by atoms with Crippen LogP contribution in [0.2, 0.25) is 0 Å². The molecule has 3 heterocycles. The largest absolute Gasteiger partial charge is 0.310 e. The molecule has 0 N–H and O–H groups in total. The number of fused-ring (bicyclic) bond motifs is 4. The van der Waals surface area contributed by atoms with Crippen LogP contribution in [0.4, 0.5) is 17.1 Å². The minimum absolute atomic E-state index is 0.0279. The van der Waals surface area contributed by atoms with Crippen molar-refractivity contribution in [3.63, 3.8) is 0 Å². The Morgan fingerprint density at radius 1 is 0.377 bits per heavy atom. The maximum Gasteiger partial charge on any atom is 0.0583 e. The smallest absolute Gasteiger partial charge is 0.0583 e. The Morgan fingerprint density at radius 3 is 1.72 bits per heavy atom. The van der Waals surface area contributed by atoms with E-state index in [1.54, 1.807) is 0 Å². The fourth-order valence-corrected chi connectivity index (χ4v) is 10.3. The van der Waals surface area contributed by atoms with Crippen molar-refractivity contribution >= 4 is 38.9 Å². The molecule has 2 heteroatoms. The molecule has 0 fully saturated rings. The molecular weight excluding hydrogens is 641 g/mol. The van der Waals surface area contributed by atoms with E-state index in [2.05, 4.69) is 197 Å². The van der Waals surface area contributed by atoms with Crippen molar-refractivity contribution in [2.75, 3.05) is 4.90 Å². The highest BCUT2D eigenvalue weighted by atomic mass is 15.1. The number of nitrogens with zero attached hydrogens (tertiary/aromatic N) is 2. The molecule has 7 aromatic carbocycles. The summed E-state index contributed by atoms with van der Waals surface area (Å²) in [4.78, 5) is 2.45. The molecule has 8 aromatic rings. The van der Waals surface area contributed by atoms with Gasteiger partial charge in [0, 0.05) is 44.1 Å². The van der Waals surface area contributed by atoms with E-state index in [-0.39, 0.29) is 16.2 Å². The number of anilines is 3. The molecular formula is C51H42N2. The Bertz CT molecular complexity index is 2850. The van der Waals surface area contributed by atoms with Crippen molar-refractivity contribution in [2.45, 2.75) is 57.8 Å². The van der Waals surface area contributed by atoms with Crippen molar-refractivity contribution in [3.05, 3.63) is 179 Å². The van der Waals surface area contributed by atoms with Crippen molar-refractivity contribution in [2.24, 2.45) is 0 Å². The fraction of sp³-hybridized carbons (Fsp3) is 0.176. The molecule has 0 unspecified atom stereocenters. The standard InChI is InChI=1S/C51H42N2/c1-49(2)40-18-11-10-16-36(40)37-27-24-32(28-44(37)49)31-22-25-34(26-23-31)52(33-14-8-7-9-15-33)35-29-39-38-17-12-19-41-46(38)53-47(39)45(30-35)51(5,6)43-21-13-20-42(48(43)53)50(41,3)4/h7-30H,1-6H3. The second kappa shape index (κ2) is 10.2. The summed E-state index contributed by atoms with van der Waals surface area (Å²) in [5.41, 5.74) is 20.9. The highest BCUT2D eigenvalue weighted by Crippen LogP contribution is 2.56. The Morgan fingerprint density at radius 2 is 0.943 bits per heavy atom. The molecule has 1 aromatic heterocycles. The molecule has 0 radical (unpaired) electrons. The van der Waals surface area contributed by atoms with Gasteiger partial charge in [-0.1, -0.05) is 145 Å². The average Bonchev–Trinajstić information content (AvgIpc) is 3.62. The first-order valence-electron chi connectivity index (χ1n) is 19.0. The summed E-state index contributed by atoms with van der Waals surface area (Å²) in [7, 11) is 0. The van der Waals surface area contributed by atoms with Crippen molar-refractivity contribution in [3.8, 4) is 27.9 Å². The molecule has 2 aliphatic heterocycles. The van der Waals surface area contributed by atoms with Crippen molar-refractivity contribution in [1.82, 2.24) is 4.57 Å². The molecule has 0 saturated heterocycles. The summed E-state index contributed by atoms with van der Waals surface area (Å²) < 4.78 is 2.61. The molecule has 2 nitrogen and oxygen atoms in total. The van der Waals surface area contributed by atoms with Gasteiger partial charge >= 0.3 is 0 Å². The first-order valence-corrected chi connectivity index (χ1v) is 19.0. The van der Waals surface area contributed by atoms with Crippen LogP contribution in [0.1, 0.15) is 74.9 Å². The summed E-state index contributed by atoms with van der Waals surface area (Å²) >= 11 is 0. The summed E-state index contributed by atoms with van der Waals surface area (Å²) in [5.74, 6) is 0. The van der Waals surface area contributed by atoms with E-state index in [4.69, 9.17) is 0 Å². The number of rotatable bonds is 4. The number of hydrogen-bond donors (Lipinski definition) is 0. The Kier molecular flexibility index (Phi) is 5.90. The molecule has 0 spiro atoms. The summed E-state index contributed by atoms with van der Waals surface area (Å²) in [6.07, 6.45) is 0. The number of benzene rings is 7. The molecule has 53 heavy (non-hydrogen) atoms. The van der Waals surface area contributed by atoms with Crippen molar-refractivity contribution < 1.29 is 0 Å². The van der Waals surface area contributed by atoms with Gasteiger partial charge in [-0.05, 0) is 98.1 Å². The lowest BCUT2D eigenvalue weighted by molar-refractivity contribution is 0.593. The number of para-hydroxylation sites is 3. The second-order valence-electron chi connectivity index (χ2n) is 17.0. The molecule has 0 saturated carbocycles. The van der Waals surface area contributed by atoms with E-state index in [0.717, 1.165) is 11.4 Å². The SMILES string of the molecule is CC1(C)c2ccccc2-c2ccc(-c3ccc(N(c4ccccc4)c4cc5c6c(c4)c4cccc7c4n6-c4c(cccc4C5(C)C)C7(C)C)cc3)cc21. The highest BCUT2D eigenvalue weighted by molar-refractivity contribution is 6.15. The van der Waals surface area contributed by atoms with E-state index in [0.29, 0.717) is 0 Å². The lowest BCUT2D eigenvalue weighted by Crippen LogP contribution is -2.33. The van der Waals surface area contributed by atoms with Crippen LogP contribution in [0.3, 0.4) is 0 Å². The molecule has 1 aliphatic carbocycles. The van der Waals surface area contributed by atoms with E-state index in [9.17, 15) is 0 Å². The number of hydrogen-bond acceptors (Lipinski definition) is 1. The van der Waals surface area contributed by atoms with Gasteiger partial charge in [0.2, 0.25) is 0 Å². The predicted octanol–water partition coefficient (Wildman–Crippen LogP) is 13.5. The van der Waals surface area contributed by atoms with Gasteiger partial charge < -0.3 is 9.47 Å². The third-order valence-electron chi connectivity index (χ3n) is 13.1. The van der Waals surface area contributed by atoms with Gasteiger partial charge in [-0.15, -0.1) is 0 Å². The van der Waals surface area contributed by atoms with Crippen LogP contribution in [0.5, 0.6) is 0 Å². The predicted molar refractivity (Wildman–Crippen MR) is 223 cm³/mol. The van der Waals surface area contributed by atoms with Crippen LogP contribution < -0.4 is 4.90 Å². The van der Waals surface area contributed by atoms with Gasteiger partial charge in [-0.3, -0.25) is 0 Å². The lowest BCUT2D eigenvalue weighted by Gasteiger charge is -2.42. The van der Waals surface area contributed by atoms with Gasteiger partial charge in [-0.25, -0.2) is 0 Å². The maximum absolute atomic E-state index is 2.61. The summed E-state index contributed by atoms with van der Waals surface area (Å²) in [5, 5.41) is 2.65. The van der Waals surface area contributed by atoms with Crippen molar-refractivity contribution in [1.29, 1.82) is 0 Å². The normalized spacial score (nSPS) is 16.2. The Balaban J connectivity index is 1.10. The van der Waals surface area contributed by atoms with Gasteiger partial charge in [0.25, 0.3) is 0 Å². The molecule has 0 atom stereocenters. The number of aromatic nitrogens is 1. The van der Waals surface area contributed by atoms with Gasteiger partial charge in [0.1, 0.15) is 0 Å². The van der Waals surface area contributed by atoms with Gasteiger partial charge in [0.15, 0.2) is 0 Å². The molecule has 0 amide bonds. The zero-order valence-corrected chi connectivity index (χ0v) is 31.3. The van der Waals surface area contributed by atoms with E-state index in [1.807, 2.05) is 0 Å². The first kappa shape index (κ1) is 30.7. The highest BCUT2D eigenvalue weighted by Gasteiger charge is 2.43. The molecule has 256 valence electrons. The van der Waals surface area contributed by atoms with Crippen LogP contribution in [0.25, 0.3) is 49.7 Å². The quantitative estimate of drug-likeness (QED) is 0.179. The minimum Gasteiger partial charge on any atom is -0.310 e. The van der Waals surface area contributed by atoms with Gasteiger partial charge in [0.05, 0.1) is 16.7 Å². The van der Waals surface area contributed by atoms with Crippen LogP contribution in [0, 0.1) is 0 Å². The third-order valence-corrected chi connectivity index (χ3v) is 13.1. The van der Waals surface area contributed by atoms with Gasteiger partial charge in [-0.2, -0.15) is 0 Å². The zero-order valence-electron chi connectivity index (χ0n) is 31.3. The minimum atomic E-state index is -0.190. The maximum atomic E-state index is 2.61. The average molecular weight is 683 g/mol. The topological polar surface area (TPSA) is 8.17 Å². The van der Waals surface area contributed by atoms with Crippen LogP contribution >= 0.6 is 0 Å². The van der Waals surface area contributed by atoms with Crippen LogP contribution in [0.15, 0.2) is 146 Å². The van der Waals surface area contributed by atoms with E-state index < -0.39 is 0 Å². The molecule has 3 aliphatic rings. The zero-order chi connectivity index (χ0) is 36.0. The summed E-state index contributed by atoms with van der Waals surface area (Å²) in [6.45, 7) is 14.3. The summed E-state index contributed by atoms with van der Waals surface area (Å²) in [6, 6.07) is 54.8. The third kappa shape index (κ3) is 3.88. The van der Waals surface area contributed by atoms with E-state index >= 15 is 0 Å². The Hall–Kier alpha value is -5.86. The molecule has 0 bridgehead atoms. The lowest BCUT2D eigenvalue weighted by atomic mass is 9.68. The van der Waals surface area contributed by atoms with E-state index in [1.165, 1.54) is 88.8 Å². The first-order chi connectivity index (χ1) is 25.6. The monoisotopic (exact) mass is 682 g/mol. The Labute approximate surface area is 312 Å². The van der Waals surface area contributed by atoms with Crippen LogP contribution in [-0.2, 0) is 16.2 Å². The second-order valence-corrected chi connectivity index (χ2v) is 17.0. The fourth-order valence-electron chi connectivity index (χ4n) is 10.3. The van der Waals surface area contributed by atoms with Crippen LogP contribution in [-0.4, -0.2) is 4.57 Å².